The number of benzene rings is 2. The molecule has 2 aromatic carbocycles. The van der Waals surface area contributed by atoms with E-state index in [4.69, 9.17) is 9.84 Å². The minimum atomic E-state index is -0.967. The number of carboxylic acid groups (broad SMARTS) is 1. The molecule has 4 heteroatoms. The highest BCUT2D eigenvalue weighted by Crippen LogP contribution is 2.27. The van der Waals surface area contributed by atoms with Crippen LogP contribution in [-0.2, 0) is 11.4 Å². The molecule has 0 fully saturated rings. The highest BCUT2D eigenvalue weighted by Gasteiger charge is 2.02. The molecule has 0 aliphatic rings. The number of carbonyl (C=O) groups is 1. The van der Waals surface area contributed by atoms with E-state index in [1.807, 2.05) is 49.4 Å². The third kappa shape index (κ3) is 4.76. The zero-order valence-electron chi connectivity index (χ0n) is 11.5. The van der Waals surface area contributed by atoms with E-state index in [1.54, 1.807) is 0 Å². The predicted molar refractivity (Wildman–Crippen MR) is 86.3 cm³/mol. The molecule has 0 amide bonds. The molecule has 0 unspecified atom stereocenters. The fraction of sp³-hybridized carbons (Fsp3) is 0.118. The normalized spacial score (nSPS) is 10.8. The minimum Gasteiger partial charge on any atom is -0.488 e. The standard InChI is InChI=1S/C17H15BrO3/c1-12-2-4-14(5-3-12)11-21-16-8-6-13(10-15(16)18)7-9-17(19)20/h2-10H,11H2,1H3,(H,19,20). The Morgan fingerprint density at radius 2 is 1.95 bits per heavy atom. The number of rotatable bonds is 5. The van der Waals surface area contributed by atoms with Gasteiger partial charge in [0.15, 0.2) is 0 Å². The molecule has 2 rings (SSSR count). The summed E-state index contributed by atoms with van der Waals surface area (Å²) in [6.07, 6.45) is 2.64. The smallest absolute Gasteiger partial charge is 0.328 e. The van der Waals surface area contributed by atoms with E-state index >= 15 is 0 Å². The van der Waals surface area contributed by atoms with Gasteiger partial charge in [-0.2, -0.15) is 0 Å². The monoisotopic (exact) mass is 346 g/mol. The lowest BCUT2D eigenvalue weighted by atomic mass is 10.2. The third-order valence-corrected chi connectivity index (χ3v) is 3.51. The lowest BCUT2D eigenvalue weighted by molar-refractivity contribution is -0.131. The van der Waals surface area contributed by atoms with E-state index in [2.05, 4.69) is 15.9 Å². The van der Waals surface area contributed by atoms with Gasteiger partial charge in [0.25, 0.3) is 0 Å². The first-order chi connectivity index (χ1) is 10.0. The quantitative estimate of drug-likeness (QED) is 0.814. The first kappa shape index (κ1) is 15.3. The second-order valence-electron chi connectivity index (χ2n) is 4.64. The molecular formula is C17H15BrO3. The van der Waals surface area contributed by atoms with Crippen LogP contribution in [-0.4, -0.2) is 11.1 Å². The van der Waals surface area contributed by atoms with E-state index < -0.39 is 5.97 Å². The zero-order chi connectivity index (χ0) is 15.2. The van der Waals surface area contributed by atoms with Gasteiger partial charge in [-0.3, -0.25) is 0 Å². The molecule has 3 nitrogen and oxygen atoms in total. The molecule has 0 aromatic heterocycles. The highest BCUT2D eigenvalue weighted by molar-refractivity contribution is 9.10. The molecule has 0 radical (unpaired) electrons. The summed E-state index contributed by atoms with van der Waals surface area (Å²) in [4.78, 5) is 10.5. The minimum absolute atomic E-state index is 0.489. The summed E-state index contributed by atoms with van der Waals surface area (Å²) >= 11 is 3.43. The largest absolute Gasteiger partial charge is 0.488 e. The lowest BCUT2D eigenvalue weighted by Gasteiger charge is -2.09. The van der Waals surface area contributed by atoms with E-state index in [1.165, 1.54) is 11.6 Å². The van der Waals surface area contributed by atoms with E-state index in [0.717, 1.165) is 27.4 Å². The molecule has 21 heavy (non-hydrogen) atoms. The van der Waals surface area contributed by atoms with Crippen molar-refractivity contribution < 1.29 is 14.6 Å². The SMILES string of the molecule is Cc1ccc(COc2ccc(C=CC(=O)O)cc2Br)cc1. The fourth-order valence-corrected chi connectivity index (χ4v) is 2.26. The molecule has 0 heterocycles. The number of aryl methyl sites for hydroxylation is 1. The number of halogens is 1. The van der Waals surface area contributed by atoms with Crippen molar-refractivity contribution in [2.75, 3.05) is 0 Å². The Bertz CT molecular complexity index is 660. The van der Waals surface area contributed by atoms with Crippen molar-refractivity contribution in [3.63, 3.8) is 0 Å². The maximum atomic E-state index is 10.5. The van der Waals surface area contributed by atoms with Crippen molar-refractivity contribution in [2.24, 2.45) is 0 Å². The summed E-state index contributed by atoms with van der Waals surface area (Å²) in [6, 6.07) is 13.6. The van der Waals surface area contributed by atoms with Crippen LogP contribution in [0.2, 0.25) is 0 Å². The molecule has 0 bridgehead atoms. The summed E-state index contributed by atoms with van der Waals surface area (Å²) in [6.45, 7) is 2.54. The molecule has 0 spiro atoms. The van der Waals surface area contributed by atoms with Crippen LogP contribution in [0.4, 0.5) is 0 Å². The van der Waals surface area contributed by atoms with Gasteiger partial charge in [-0.15, -0.1) is 0 Å². The van der Waals surface area contributed by atoms with Crippen molar-refractivity contribution in [2.45, 2.75) is 13.5 Å². The van der Waals surface area contributed by atoms with Crippen LogP contribution in [0.25, 0.3) is 6.08 Å². The van der Waals surface area contributed by atoms with Crippen molar-refractivity contribution >= 4 is 28.0 Å². The number of hydrogen-bond acceptors (Lipinski definition) is 2. The Morgan fingerprint density at radius 3 is 2.57 bits per heavy atom. The topological polar surface area (TPSA) is 46.5 Å². The summed E-state index contributed by atoms with van der Waals surface area (Å²) < 4.78 is 6.55. The number of carboxylic acids is 1. The summed E-state index contributed by atoms with van der Waals surface area (Å²) in [5.74, 6) is -0.242. The molecule has 2 aromatic rings. The van der Waals surface area contributed by atoms with Gasteiger partial charge in [0.1, 0.15) is 12.4 Å². The number of ether oxygens (including phenoxy) is 1. The highest BCUT2D eigenvalue weighted by atomic mass is 79.9. The first-order valence-corrected chi connectivity index (χ1v) is 7.23. The molecule has 1 N–H and O–H groups in total. The Labute approximate surface area is 132 Å². The van der Waals surface area contributed by atoms with E-state index in [0.29, 0.717) is 6.61 Å². The molecule has 108 valence electrons. The fourth-order valence-electron chi connectivity index (χ4n) is 1.75. The van der Waals surface area contributed by atoms with Crippen molar-refractivity contribution in [1.82, 2.24) is 0 Å². The third-order valence-electron chi connectivity index (χ3n) is 2.89. The van der Waals surface area contributed by atoms with Crippen LogP contribution in [0.5, 0.6) is 5.75 Å². The Morgan fingerprint density at radius 1 is 1.24 bits per heavy atom. The molecule has 0 atom stereocenters. The second kappa shape index (κ2) is 7.09. The van der Waals surface area contributed by atoms with Crippen LogP contribution in [0, 0.1) is 6.92 Å². The average Bonchev–Trinajstić information content (AvgIpc) is 2.46. The van der Waals surface area contributed by atoms with Crippen LogP contribution in [0.15, 0.2) is 53.0 Å². The maximum Gasteiger partial charge on any atom is 0.328 e. The summed E-state index contributed by atoms with van der Waals surface area (Å²) in [7, 11) is 0. The van der Waals surface area contributed by atoms with Crippen LogP contribution in [0.1, 0.15) is 16.7 Å². The van der Waals surface area contributed by atoms with Gasteiger partial charge < -0.3 is 9.84 Å². The molecular weight excluding hydrogens is 332 g/mol. The Hall–Kier alpha value is -2.07. The first-order valence-electron chi connectivity index (χ1n) is 6.43. The second-order valence-corrected chi connectivity index (χ2v) is 5.49. The molecule has 0 aliphatic carbocycles. The number of hydrogen-bond donors (Lipinski definition) is 1. The summed E-state index contributed by atoms with van der Waals surface area (Å²) in [5, 5.41) is 8.61. The van der Waals surface area contributed by atoms with Gasteiger partial charge in [-0.1, -0.05) is 35.9 Å². The van der Waals surface area contributed by atoms with Crippen LogP contribution >= 0.6 is 15.9 Å². The number of aliphatic carboxylic acids is 1. The Kier molecular flexibility index (Phi) is 5.17. The van der Waals surface area contributed by atoms with Crippen molar-refractivity contribution in [1.29, 1.82) is 0 Å². The van der Waals surface area contributed by atoms with E-state index in [-0.39, 0.29) is 0 Å². The molecule has 0 aliphatic heterocycles. The van der Waals surface area contributed by atoms with Gasteiger partial charge in [-0.25, -0.2) is 4.79 Å². The van der Waals surface area contributed by atoms with Crippen molar-refractivity contribution in [3.8, 4) is 5.75 Å². The van der Waals surface area contributed by atoms with Gasteiger partial charge in [0, 0.05) is 6.08 Å². The van der Waals surface area contributed by atoms with Gasteiger partial charge in [0.05, 0.1) is 4.47 Å². The van der Waals surface area contributed by atoms with Crippen LogP contribution in [0.3, 0.4) is 0 Å². The lowest BCUT2D eigenvalue weighted by Crippen LogP contribution is -1.96. The maximum absolute atomic E-state index is 10.5. The predicted octanol–water partition coefficient (Wildman–Crippen LogP) is 4.43. The average molecular weight is 347 g/mol. The van der Waals surface area contributed by atoms with Gasteiger partial charge in [-0.05, 0) is 52.2 Å². The molecule has 0 saturated carbocycles. The van der Waals surface area contributed by atoms with Gasteiger partial charge >= 0.3 is 5.97 Å². The zero-order valence-corrected chi connectivity index (χ0v) is 13.1. The van der Waals surface area contributed by atoms with Crippen molar-refractivity contribution in [3.05, 3.63) is 69.7 Å². The van der Waals surface area contributed by atoms with E-state index in [9.17, 15) is 4.79 Å². The Balaban J connectivity index is 2.04. The summed E-state index contributed by atoms with van der Waals surface area (Å²) in [5.41, 5.74) is 3.11. The van der Waals surface area contributed by atoms with Gasteiger partial charge in [0.2, 0.25) is 0 Å². The van der Waals surface area contributed by atoms with Crippen LogP contribution < -0.4 is 4.74 Å². The molecule has 0 saturated heterocycles.